The Morgan fingerprint density at radius 2 is 0.929 bits per heavy atom. The van der Waals surface area contributed by atoms with Gasteiger partial charge in [0.2, 0.25) is 0 Å². The second-order valence-electron chi connectivity index (χ2n) is 16.8. The number of hydrogen-bond acceptors (Lipinski definition) is 8. The molecule has 0 saturated heterocycles. The van der Waals surface area contributed by atoms with Crippen LogP contribution < -0.4 is 4.89 Å². The van der Waals surface area contributed by atoms with Crippen LogP contribution in [-0.2, 0) is 32.7 Å². The zero-order valence-corrected chi connectivity index (χ0v) is 38.0. The average Bonchev–Trinajstić information content (AvgIpc) is 3.15. The molecule has 0 radical (unpaired) electrons. The van der Waals surface area contributed by atoms with Crippen LogP contribution in [0.2, 0.25) is 0 Å². The molecule has 0 bridgehead atoms. The first kappa shape index (κ1) is 54.5. The number of likely N-dealkylation sites (N-methyl/N-ethyl adjacent to an activating group) is 1. The van der Waals surface area contributed by atoms with Gasteiger partial charge in [0, 0.05) is 12.8 Å². The van der Waals surface area contributed by atoms with Gasteiger partial charge in [0.25, 0.3) is 7.82 Å². The highest BCUT2D eigenvalue weighted by atomic mass is 31.2. The number of ether oxygens (including phenoxy) is 2. The lowest BCUT2D eigenvalue weighted by Crippen LogP contribution is -2.37. The van der Waals surface area contributed by atoms with Gasteiger partial charge in [-0.3, -0.25) is 14.2 Å². The smallest absolute Gasteiger partial charge is 0.306 e. The number of esters is 2. The molecule has 2 atom stereocenters. The van der Waals surface area contributed by atoms with Crippen LogP contribution in [0.5, 0.6) is 0 Å². The molecule has 0 saturated carbocycles. The van der Waals surface area contributed by atoms with Crippen LogP contribution in [0.25, 0.3) is 0 Å². The first-order valence-corrected chi connectivity index (χ1v) is 24.5. The van der Waals surface area contributed by atoms with E-state index in [4.69, 9.17) is 18.5 Å². The molecule has 10 heteroatoms. The number of unbranched alkanes of at least 4 members (excludes halogenated alkanes) is 24. The zero-order valence-electron chi connectivity index (χ0n) is 37.1. The molecule has 0 heterocycles. The third-order valence-corrected chi connectivity index (χ3v) is 10.9. The molecule has 0 aliphatic rings. The highest BCUT2D eigenvalue weighted by Crippen LogP contribution is 2.38. The summed E-state index contributed by atoms with van der Waals surface area (Å²) in [6.07, 6.45) is 41.9. The molecule has 9 nitrogen and oxygen atoms in total. The Labute approximate surface area is 345 Å². The van der Waals surface area contributed by atoms with Gasteiger partial charge in [-0.1, -0.05) is 160 Å². The molecule has 330 valence electrons. The predicted molar refractivity (Wildman–Crippen MR) is 231 cm³/mol. The van der Waals surface area contributed by atoms with Crippen molar-refractivity contribution in [2.24, 2.45) is 0 Å². The van der Waals surface area contributed by atoms with Crippen LogP contribution in [0.1, 0.15) is 206 Å². The van der Waals surface area contributed by atoms with Gasteiger partial charge >= 0.3 is 11.9 Å². The monoisotopic (exact) mass is 814 g/mol. The van der Waals surface area contributed by atoms with E-state index in [0.29, 0.717) is 17.4 Å². The van der Waals surface area contributed by atoms with E-state index >= 15 is 0 Å². The molecule has 0 spiro atoms. The Hall–Kier alpha value is -1.51. The van der Waals surface area contributed by atoms with Gasteiger partial charge in [0.15, 0.2) is 6.10 Å². The minimum absolute atomic E-state index is 0.0301. The van der Waals surface area contributed by atoms with Crippen molar-refractivity contribution in [1.29, 1.82) is 0 Å². The molecule has 0 aromatic rings. The summed E-state index contributed by atoms with van der Waals surface area (Å²) in [6, 6.07) is 0. The largest absolute Gasteiger partial charge is 0.756 e. The van der Waals surface area contributed by atoms with Crippen molar-refractivity contribution < 1.29 is 42.1 Å². The molecule has 1 unspecified atom stereocenters. The van der Waals surface area contributed by atoms with Crippen molar-refractivity contribution in [1.82, 2.24) is 0 Å². The predicted octanol–water partition coefficient (Wildman–Crippen LogP) is 12.5. The summed E-state index contributed by atoms with van der Waals surface area (Å²) < 4.78 is 33.9. The van der Waals surface area contributed by atoms with Crippen LogP contribution in [0.3, 0.4) is 0 Å². The Morgan fingerprint density at radius 3 is 1.38 bits per heavy atom. The quantitative estimate of drug-likeness (QED) is 0.0197. The molecule has 0 rings (SSSR count). The van der Waals surface area contributed by atoms with Crippen molar-refractivity contribution in [2.45, 2.75) is 213 Å². The summed E-state index contributed by atoms with van der Waals surface area (Å²) in [4.78, 5) is 37.6. The van der Waals surface area contributed by atoms with Gasteiger partial charge < -0.3 is 27.9 Å². The third kappa shape index (κ3) is 42.1. The van der Waals surface area contributed by atoms with E-state index in [1.165, 1.54) is 135 Å². The Balaban J connectivity index is 4.31. The van der Waals surface area contributed by atoms with E-state index in [9.17, 15) is 19.0 Å². The standard InChI is InChI=1S/C46H88NO8P/c1-6-8-10-12-14-16-18-20-22-23-25-27-29-31-33-35-37-39-46(49)55-44(43-54-56(50,51)53-41-40-47(3,4)5)42-52-45(48)38-36-34-32-30-28-26-24-21-19-17-15-13-11-9-7-2/h13,15-16,18,44H,6-12,14,17,19-43H2,1-5H3/b15-13+,18-16+/t44-/m1/s1. The minimum Gasteiger partial charge on any atom is -0.756 e. The van der Waals surface area contributed by atoms with Gasteiger partial charge in [-0.05, 0) is 57.8 Å². The molecular weight excluding hydrogens is 725 g/mol. The highest BCUT2D eigenvalue weighted by Gasteiger charge is 2.21. The molecule has 0 amide bonds. The lowest BCUT2D eigenvalue weighted by Gasteiger charge is -2.28. The Morgan fingerprint density at radius 1 is 0.536 bits per heavy atom. The normalized spacial score (nSPS) is 13.8. The maximum atomic E-state index is 12.7. The molecule has 0 aliphatic carbocycles. The zero-order chi connectivity index (χ0) is 41.4. The van der Waals surface area contributed by atoms with Crippen molar-refractivity contribution in [3.05, 3.63) is 24.3 Å². The van der Waals surface area contributed by atoms with Crippen LogP contribution >= 0.6 is 7.82 Å². The third-order valence-electron chi connectivity index (χ3n) is 9.94. The highest BCUT2D eigenvalue weighted by molar-refractivity contribution is 7.45. The molecule has 0 aliphatic heterocycles. The maximum absolute atomic E-state index is 12.7. The van der Waals surface area contributed by atoms with Crippen molar-refractivity contribution in [2.75, 3.05) is 47.5 Å². The first-order chi connectivity index (χ1) is 27.0. The Bertz CT molecular complexity index is 1010. The minimum atomic E-state index is -4.62. The molecular formula is C46H88NO8P. The van der Waals surface area contributed by atoms with Crippen LogP contribution in [0.4, 0.5) is 0 Å². The van der Waals surface area contributed by atoms with E-state index in [-0.39, 0.29) is 32.0 Å². The van der Waals surface area contributed by atoms with Crippen LogP contribution in [0, 0.1) is 0 Å². The van der Waals surface area contributed by atoms with Gasteiger partial charge in [0.05, 0.1) is 27.7 Å². The number of allylic oxidation sites excluding steroid dienone is 4. The lowest BCUT2D eigenvalue weighted by atomic mass is 10.1. The SMILES string of the molecule is CCCC/C=C/CCCCCCCCCCCC(=O)OC[C@H](COP(=O)([O-])OCC[N+](C)(C)C)OC(=O)CCCCCCCCCCC/C=C/CCCCCC. The van der Waals surface area contributed by atoms with E-state index < -0.39 is 26.5 Å². The van der Waals surface area contributed by atoms with E-state index in [2.05, 4.69) is 38.2 Å². The second kappa shape index (κ2) is 39.0. The van der Waals surface area contributed by atoms with Gasteiger partial charge in [-0.2, -0.15) is 0 Å². The molecule has 0 N–H and O–H groups in total. The number of hydrogen-bond donors (Lipinski definition) is 0. The summed E-state index contributed by atoms with van der Waals surface area (Å²) in [5.41, 5.74) is 0. The van der Waals surface area contributed by atoms with Gasteiger partial charge in [-0.25, -0.2) is 0 Å². The molecule has 56 heavy (non-hydrogen) atoms. The first-order valence-electron chi connectivity index (χ1n) is 23.0. The summed E-state index contributed by atoms with van der Waals surface area (Å²) in [5, 5.41) is 0. The fourth-order valence-corrected chi connectivity index (χ4v) is 7.01. The summed E-state index contributed by atoms with van der Waals surface area (Å²) in [5.74, 6) is -0.833. The Kier molecular flexibility index (Phi) is 37.9. The summed E-state index contributed by atoms with van der Waals surface area (Å²) in [6.45, 7) is 4.20. The number of nitrogens with zero attached hydrogens (tertiary/aromatic N) is 1. The number of phosphoric ester groups is 1. The molecule has 0 aromatic carbocycles. The number of carbonyl (C=O) groups is 2. The fourth-order valence-electron chi connectivity index (χ4n) is 6.28. The molecule has 0 aromatic heterocycles. The number of phosphoric acid groups is 1. The van der Waals surface area contributed by atoms with E-state index in [1.54, 1.807) is 0 Å². The van der Waals surface area contributed by atoms with Gasteiger partial charge in [-0.15, -0.1) is 0 Å². The average molecular weight is 814 g/mol. The number of rotatable bonds is 42. The fraction of sp³-hybridized carbons (Fsp3) is 0.870. The number of quaternary nitrogens is 1. The maximum Gasteiger partial charge on any atom is 0.306 e. The molecule has 0 fully saturated rings. The van der Waals surface area contributed by atoms with Gasteiger partial charge in [0.1, 0.15) is 19.8 Å². The van der Waals surface area contributed by atoms with Crippen molar-refractivity contribution in [3.8, 4) is 0 Å². The van der Waals surface area contributed by atoms with Crippen LogP contribution in [-0.4, -0.2) is 70.0 Å². The summed E-state index contributed by atoms with van der Waals surface area (Å²) >= 11 is 0. The van der Waals surface area contributed by atoms with E-state index in [1.807, 2.05) is 21.1 Å². The topological polar surface area (TPSA) is 111 Å². The van der Waals surface area contributed by atoms with E-state index in [0.717, 1.165) is 38.5 Å². The second-order valence-corrected chi connectivity index (χ2v) is 18.2. The van der Waals surface area contributed by atoms with Crippen LogP contribution in [0.15, 0.2) is 24.3 Å². The number of carbonyl (C=O) groups excluding carboxylic acids is 2. The summed E-state index contributed by atoms with van der Waals surface area (Å²) in [7, 11) is 1.17. The lowest BCUT2D eigenvalue weighted by molar-refractivity contribution is -0.870. The van der Waals surface area contributed by atoms with Crippen molar-refractivity contribution >= 4 is 19.8 Å². The van der Waals surface area contributed by atoms with Crippen molar-refractivity contribution in [3.63, 3.8) is 0 Å².